The molecule has 0 rings (SSSR count). The van der Waals surface area contributed by atoms with Gasteiger partial charge in [-0.05, 0) is 59.8 Å². The van der Waals surface area contributed by atoms with Crippen molar-refractivity contribution in [3.63, 3.8) is 0 Å². The van der Waals surface area contributed by atoms with Crippen molar-refractivity contribution in [1.29, 1.82) is 0 Å². The van der Waals surface area contributed by atoms with Gasteiger partial charge in [0, 0.05) is 12.8 Å². The predicted molar refractivity (Wildman–Crippen MR) is 121 cm³/mol. The van der Waals surface area contributed by atoms with Gasteiger partial charge in [0.1, 0.15) is 6.10 Å². The maximum Gasteiger partial charge on any atom is 0.100 e. The van der Waals surface area contributed by atoms with Crippen LogP contribution in [0, 0.1) is 5.41 Å². The Morgan fingerprint density at radius 1 is 0.600 bits per heavy atom. The Kier molecular flexibility index (Phi) is 13.9. The summed E-state index contributed by atoms with van der Waals surface area (Å²) in [5.41, 5.74) is -0.764. The van der Waals surface area contributed by atoms with Gasteiger partial charge < -0.3 is 0 Å². The van der Waals surface area contributed by atoms with Crippen molar-refractivity contribution in [2.75, 3.05) is 6.61 Å². The minimum Gasteiger partial charge on any atom is -0.236 e. The first-order valence-electron chi connectivity index (χ1n) is 11.6. The van der Waals surface area contributed by atoms with Crippen LogP contribution in [-0.4, -0.2) is 36.1 Å². The van der Waals surface area contributed by atoms with Crippen LogP contribution in [0.25, 0.3) is 0 Å². The van der Waals surface area contributed by atoms with E-state index in [0.29, 0.717) is 19.4 Å². The molecule has 0 aliphatic carbocycles. The summed E-state index contributed by atoms with van der Waals surface area (Å²) in [4.78, 5) is 33.9. The van der Waals surface area contributed by atoms with E-state index in [-0.39, 0.29) is 34.9 Å². The van der Waals surface area contributed by atoms with Crippen molar-refractivity contribution < 1.29 is 29.3 Å². The molecule has 0 bridgehead atoms. The predicted octanol–water partition coefficient (Wildman–Crippen LogP) is 6.96. The average molecular weight is 435 g/mol. The molecule has 0 aromatic rings. The highest BCUT2D eigenvalue weighted by Crippen LogP contribution is 2.29. The van der Waals surface area contributed by atoms with E-state index in [1.54, 1.807) is 0 Å². The normalized spacial score (nSPS) is 16.5. The molecule has 0 radical (unpaired) electrons. The van der Waals surface area contributed by atoms with Gasteiger partial charge in [-0.3, -0.25) is 0 Å². The third kappa shape index (κ3) is 16.5. The molecule has 0 heterocycles. The van der Waals surface area contributed by atoms with Crippen LogP contribution in [0.15, 0.2) is 0 Å². The first kappa shape index (κ1) is 29.8. The third-order valence-electron chi connectivity index (χ3n) is 4.24. The van der Waals surface area contributed by atoms with Gasteiger partial charge in [-0.1, -0.05) is 47.5 Å². The quantitative estimate of drug-likeness (QED) is 0.158. The molecular formula is C24H50O6. The lowest BCUT2D eigenvalue weighted by atomic mass is 9.85. The van der Waals surface area contributed by atoms with E-state index >= 15 is 0 Å². The molecule has 6 nitrogen and oxygen atoms in total. The first-order valence-corrected chi connectivity index (χ1v) is 11.6. The maximum absolute atomic E-state index is 5.86. The first-order chi connectivity index (χ1) is 13.7. The Bertz CT molecular complexity index is 419. The van der Waals surface area contributed by atoms with Gasteiger partial charge in [0.2, 0.25) is 0 Å². The summed E-state index contributed by atoms with van der Waals surface area (Å²) in [5.74, 6) is 0. The summed E-state index contributed by atoms with van der Waals surface area (Å²) in [6.45, 7) is 23.0. The second-order valence-corrected chi connectivity index (χ2v) is 11.2. The topological polar surface area (TPSA) is 55.4 Å². The summed E-state index contributed by atoms with van der Waals surface area (Å²) < 4.78 is 0. The zero-order valence-corrected chi connectivity index (χ0v) is 21.6. The van der Waals surface area contributed by atoms with Crippen LogP contribution < -0.4 is 0 Å². The smallest absolute Gasteiger partial charge is 0.100 e. The molecular weight excluding hydrogens is 384 g/mol. The summed E-state index contributed by atoms with van der Waals surface area (Å²) in [5, 5.41) is 0. The molecule has 0 N–H and O–H groups in total. The molecule has 0 saturated heterocycles. The SMILES string of the molecule is CCCC(CCOOC(CC(CCC)OOC(C)(C)C)C(C)(C)C)OOC(C)(C)C. The van der Waals surface area contributed by atoms with Crippen molar-refractivity contribution >= 4 is 0 Å². The lowest BCUT2D eigenvalue weighted by Crippen LogP contribution is -2.35. The molecule has 0 aromatic carbocycles. The van der Waals surface area contributed by atoms with Gasteiger partial charge in [0.15, 0.2) is 0 Å². The van der Waals surface area contributed by atoms with E-state index in [4.69, 9.17) is 29.3 Å². The largest absolute Gasteiger partial charge is 0.236 e. The van der Waals surface area contributed by atoms with Crippen LogP contribution in [-0.2, 0) is 29.3 Å². The monoisotopic (exact) mass is 434 g/mol. The second kappa shape index (κ2) is 14.0. The molecule has 0 spiro atoms. The van der Waals surface area contributed by atoms with Crippen LogP contribution in [0.4, 0.5) is 0 Å². The second-order valence-electron chi connectivity index (χ2n) is 11.2. The van der Waals surface area contributed by atoms with E-state index in [9.17, 15) is 0 Å². The summed E-state index contributed by atoms with van der Waals surface area (Å²) in [6, 6.07) is 0. The van der Waals surface area contributed by atoms with E-state index < -0.39 is 0 Å². The molecule has 182 valence electrons. The summed E-state index contributed by atoms with van der Waals surface area (Å²) >= 11 is 0. The fourth-order valence-electron chi connectivity index (χ4n) is 2.60. The number of hydrogen-bond acceptors (Lipinski definition) is 6. The van der Waals surface area contributed by atoms with Gasteiger partial charge in [-0.25, -0.2) is 29.3 Å². The van der Waals surface area contributed by atoms with Crippen molar-refractivity contribution in [2.24, 2.45) is 5.41 Å². The van der Waals surface area contributed by atoms with Crippen molar-refractivity contribution in [3.05, 3.63) is 0 Å². The molecule has 0 aliphatic rings. The van der Waals surface area contributed by atoms with Crippen LogP contribution in [0.1, 0.15) is 115 Å². The van der Waals surface area contributed by atoms with E-state index in [1.165, 1.54) is 0 Å². The maximum atomic E-state index is 5.86. The molecule has 0 aliphatic heterocycles. The van der Waals surface area contributed by atoms with Gasteiger partial charge in [-0.15, -0.1) is 0 Å². The van der Waals surface area contributed by atoms with Crippen LogP contribution in [0.2, 0.25) is 0 Å². The van der Waals surface area contributed by atoms with Gasteiger partial charge in [-0.2, -0.15) is 0 Å². The van der Waals surface area contributed by atoms with E-state index in [0.717, 1.165) is 25.7 Å². The minimum absolute atomic E-state index is 0.0118. The molecule has 0 aromatic heterocycles. The van der Waals surface area contributed by atoms with Crippen molar-refractivity contribution in [1.82, 2.24) is 0 Å². The molecule has 30 heavy (non-hydrogen) atoms. The van der Waals surface area contributed by atoms with Crippen molar-refractivity contribution in [3.8, 4) is 0 Å². The van der Waals surface area contributed by atoms with Crippen LogP contribution >= 0.6 is 0 Å². The Morgan fingerprint density at radius 3 is 1.50 bits per heavy atom. The fourth-order valence-corrected chi connectivity index (χ4v) is 2.60. The number of rotatable bonds is 15. The Morgan fingerprint density at radius 2 is 1.07 bits per heavy atom. The molecule has 0 amide bonds. The van der Waals surface area contributed by atoms with Gasteiger partial charge in [0.05, 0.1) is 30.0 Å². The highest BCUT2D eigenvalue weighted by Gasteiger charge is 2.31. The highest BCUT2D eigenvalue weighted by atomic mass is 17.2. The molecule has 6 heteroatoms. The lowest BCUT2D eigenvalue weighted by molar-refractivity contribution is -0.395. The van der Waals surface area contributed by atoms with Crippen LogP contribution in [0.5, 0.6) is 0 Å². The van der Waals surface area contributed by atoms with Crippen molar-refractivity contribution in [2.45, 2.75) is 144 Å². The van der Waals surface area contributed by atoms with Crippen LogP contribution in [0.3, 0.4) is 0 Å². The Balaban J connectivity index is 4.67. The Labute approximate surface area is 186 Å². The Hall–Kier alpha value is -0.240. The highest BCUT2D eigenvalue weighted by molar-refractivity contribution is 4.77. The third-order valence-corrected chi connectivity index (χ3v) is 4.24. The standard InChI is InChI=1S/C24H50O6/c1-12-14-19(26-29-23(6,7)8)16-17-25-28-21(22(3,4)5)18-20(15-13-2)27-30-24(9,10)11/h19-21H,12-18H2,1-11H3. The molecule has 0 saturated carbocycles. The molecule has 3 unspecified atom stereocenters. The number of hydrogen-bond donors (Lipinski definition) is 0. The lowest BCUT2D eigenvalue weighted by Gasteiger charge is -2.32. The van der Waals surface area contributed by atoms with Gasteiger partial charge in [0.25, 0.3) is 0 Å². The summed E-state index contributed by atoms with van der Waals surface area (Å²) in [6.07, 6.45) is 5.10. The fraction of sp³-hybridized carbons (Fsp3) is 1.00. The molecule has 0 fully saturated rings. The van der Waals surface area contributed by atoms with E-state index in [2.05, 4.69) is 34.6 Å². The zero-order valence-electron chi connectivity index (χ0n) is 21.6. The minimum atomic E-state index is -0.343. The summed E-state index contributed by atoms with van der Waals surface area (Å²) in [7, 11) is 0. The van der Waals surface area contributed by atoms with Gasteiger partial charge >= 0.3 is 0 Å². The average Bonchev–Trinajstić information content (AvgIpc) is 2.57. The zero-order chi connectivity index (χ0) is 23.4. The van der Waals surface area contributed by atoms with E-state index in [1.807, 2.05) is 41.5 Å². The molecule has 3 atom stereocenters.